The zero-order valence-corrected chi connectivity index (χ0v) is 34.1. The van der Waals surface area contributed by atoms with Crippen molar-refractivity contribution in [3.63, 3.8) is 0 Å². The first-order valence-electron chi connectivity index (χ1n) is 20.6. The third-order valence-corrected chi connectivity index (χ3v) is 15.1. The highest BCUT2D eigenvalue weighted by Gasteiger charge is 2.22. The molecule has 0 aliphatic heterocycles. The van der Waals surface area contributed by atoms with E-state index in [2.05, 4.69) is 206 Å². The fourth-order valence-electron chi connectivity index (χ4n) is 10.2. The van der Waals surface area contributed by atoms with E-state index in [4.69, 9.17) is 0 Å². The van der Waals surface area contributed by atoms with Gasteiger partial charge in [0.2, 0.25) is 0 Å². The van der Waals surface area contributed by atoms with Gasteiger partial charge in [-0.1, -0.05) is 188 Å². The van der Waals surface area contributed by atoms with Crippen LogP contribution in [0.5, 0.6) is 0 Å². The van der Waals surface area contributed by atoms with E-state index in [0.717, 1.165) is 0 Å². The standard InChI is InChI=1S/C58H34S2/c1-2-16-35(17-3-1)53-38-19-4-8-23-42(38)55(43-24-9-5-20-39(43)53)49-30-15-28-47-50-34-36(32-33-52(50)60-58(47)49)54-40-21-6-10-25-44(40)56(45-26-11-7-22-41(45)54)48-29-14-27-46-37-18-12-13-31-51(37)59-57(46)48/h1-34H. The number of rotatable bonds is 4. The molecule has 0 spiro atoms. The fourth-order valence-corrected chi connectivity index (χ4v) is 12.6. The van der Waals surface area contributed by atoms with Gasteiger partial charge in [0.05, 0.1) is 0 Å². The second kappa shape index (κ2) is 13.2. The summed E-state index contributed by atoms with van der Waals surface area (Å²) in [6.07, 6.45) is 0. The quantitative estimate of drug-likeness (QED) is 0.156. The fraction of sp³-hybridized carbons (Fsp3) is 0. The maximum Gasteiger partial charge on any atom is 0.0434 e. The van der Waals surface area contributed by atoms with Gasteiger partial charge in [0, 0.05) is 51.5 Å². The van der Waals surface area contributed by atoms with Crippen molar-refractivity contribution >= 4 is 106 Å². The van der Waals surface area contributed by atoms with Crippen LogP contribution in [-0.4, -0.2) is 0 Å². The summed E-state index contributed by atoms with van der Waals surface area (Å²) >= 11 is 3.82. The number of hydrogen-bond acceptors (Lipinski definition) is 2. The molecular weight excluding hydrogens is 761 g/mol. The van der Waals surface area contributed by atoms with Gasteiger partial charge >= 0.3 is 0 Å². The highest BCUT2D eigenvalue weighted by atomic mass is 32.1. The van der Waals surface area contributed by atoms with Gasteiger partial charge in [-0.3, -0.25) is 0 Å². The molecule has 0 saturated carbocycles. The molecule has 2 heteroatoms. The molecule has 0 amide bonds. The van der Waals surface area contributed by atoms with E-state index in [-0.39, 0.29) is 0 Å². The Hall–Kier alpha value is -7.10. The Morgan fingerprint density at radius 1 is 0.217 bits per heavy atom. The summed E-state index contributed by atoms with van der Waals surface area (Å²) in [4.78, 5) is 0. The number of thiophene rings is 2. The van der Waals surface area contributed by atoms with Gasteiger partial charge in [0.25, 0.3) is 0 Å². The van der Waals surface area contributed by atoms with Crippen molar-refractivity contribution in [1.29, 1.82) is 0 Å². The highest BCUT2D eigenvalue weighted by molar-refractivity contribution is 7.26. The molecule has 2 aromatic heterocycles. The van der Waals surface area contributed by atoms with Crippen LogP contribution in [0, 0.1) is 0 Å². The summed E-state index contributed by atoms with van der Waals surface area (Å²) in [6.45, 7) is 0. The first-order valence-corrected chi connectivity index (χ1v) is 22.2. The lowest BCUT2D eigenvalue weighted by Crippen LogP contribution is -1.91. The van der Waals surface area contributed by atoms with Crippen LogP contribution < -0.4 is 0 Å². The van der Waals surface area contributed by atoms with E-state index in [1.807, 2.05) is 22.7 Å². The Morgan fingerprint density at radius 2 is 0.583 bits per heavy atom. The monoisotopic (exact) mass is 794 g/mol. The zero-order valence-electron chi connectivity index (χ0n) is 32.4. The average Bonchev–Trinajstić information content (AvgIpc) is 3.89. The Labute approximate surface area is 354 Å². The molecular formula is C58H34S2. The molecule has 0 nitrogen and oxygen atoms in total. The molecule has 0 N–H and O–H groups in total. The molecule has 11 aromatic carbocycles. The number of hydrogen-bond donors (Lipinski definition) is 0. The van der Waals surface area contributed by atoms with Crippen molar-refractivity contribution in [3.8, 4) is 44.5 Å². The van der Waals surface area contributed by atoms with Gasteiger partial charge < -0.3 is 0 Å². The predicted molar refractivity (Wildman–Crippen MR) is 264 cm³/mol. The first-order chi connectivity index (χ1) is 29.8. The number of fused-ring (bicyclic) bond motifs is 10. The van der Waals surface area contributed by atoms with Crippen molar-refractivity contribution in [3.05, 3.63) is 206 Å². The van der Waals surface area contributed by atoms with Gasteiger partial charge in [-0.25, -0.2) is 0 Å². The lowest BCUT2D eigenvalue weighted by molar-refractivity contribution is 1.67. The third-order valence-electron chi connectivity index (χ3n) is 12.7. The third kappa shape index (κ3) is 4.90. The molecule has 0 atom stereocenters. The predicted octanol–water partition coefficient (Wildman–Crippen LogP) is 17.7. The molecule has 0 saturated heterocycles. The Kier molecular flexibility index (Phi) is 7.45. The lowest BCUT2D eigenvalue weighted by Gasteiger charge is -2.18. The SMILES string of the molecule is c1ccc(-c2c3ccccc3c(-c3cccc4c3sc3ccc(-c5c6ccccc6c(-c6cccc7c6sc6ccccc67)c6ccccc56)cc34)c3ccccc23)cc1. The molecule has 13 rings (SSSR count). The van der Waals surface area contributed by atoms with Gasteiger partial charge in [0.1, 0.15) is 0 Å². The smallest absolute Gasteiger partial charge is 0.0434 e. The summed E-state index contributed by atoms with van der Waals surface area (Å²) in [5.41, 5.74) is 10.3. The summed E-state index contributed by atoms with van der Waals surface area (Å²) in [5.74, 6) is 0. The molecule has 0 bridgehead atoms. The minimum absolute atomic E-state index is 1.24. The average molecular weight is 795 g/mol. The molecule has 13 aromatic rings. The Morgan fingerprint density at radius 3 is 1.08 bits per heavy atom. The molecule has 60 heavy (non-hydrogen) atoms. The largest absolute Gasteiger partial charge is 0.135 e. The topological polar surface area (TPSA) is 0 Å². The van der Waals surface area contributed by atoms with E-state index in [0.29, 0.717) is 0 Å². The molecule has 0 radical (unpaired) electrons. The number of benzene rings is 11. The first kappa shape index (κ1) is 33.8. The second-order valence-electron chi connectivity index (χ2n) is 15.8. The van der Waals surface area contributed by atoms with Crippen LogP contribution in [0.3, 0.4) is 0 Å². The highest BCUT2D eigenvalue weighted by Crippen LogP contribution is 2.51. The van der Waals surface area contributed by atoms with Gasteiger partial charge in [0.15, 0.2) is 0 Å². The van der Waals surface area contributed by atoms with Crippen LogP contribution in [0.15, 0.2) is 206 Å². The van der Waals surface area contributed by atoms with Crippen molar-refractivity contribution < 1.29 is 0 Å². The minimum atomic E-state index is 1.24. The Bertz CT molecular complexity index is 3770. The van der Waals surface area contributed by atoms with E-state index in [1.54, 1.807) is 0 Å². The van der Waals surface area contributed by atoms with Crippen molar-refractivity contribution in [1.82, 2.24) is 0 Å². The molecule has 0 aliphatic rings. The van der Waals surface area contributed by atoms with Crippen LogP contribution in [0.4, 0.5) is 0 Å². The van der Waals surface area contributed by atoms with Crippen molar-refractivity contribution in [2.45, 2.75) is 0 Å². The molecule has 0 unspecified atom stereocenters. The van der Waals surface area contributed by atoms with Crippen LogP contribution in [0.1, 0.15) is 0 Å². The van der Waals surface area contributed by atoms with E-state index >= 15 is 0 Å². The van der Waals surface area contributed by atoms with E-state index < -0.39 is 0 Å². The maximum absolute atomic E-state index is 2.47. The Balaban J connectivity index is 1.06. The molecule has 2 heterocycles. The van der Waals surface area contributed by atoms with Gasteiger partial charge in [-0.05, 0) is 94.7 Å². The summed E-state index contributed by atoms with van der Waals surface area (Å²) in [6, 6.07) is 76.7. The van der Waals surface area contributed by atoms with Crippen LogP contribution in [0.25, 0.3) is 128 Å². The van der Waals surface area contributed by atoms with Crippen molar-refractivity contribution in [2.24, 2.45) is 0 Å². The van der Waals surface area contributed by atoms with Gasteiger partial charge in [-0.2, -0.15) is 0 Å². The van der Waals surface area contributed by atoms with Gasteiger partial charge in [-0.15, -0.1) is 22.7 Å². The van der Waals surface area contributed by atoms with E-state index in [1.165, 1.54) is 128 Å². The molecule has 0 aliphatic carbocycles. The van der Waals surface area contributed by atoms with Crippen LogP contribution in [-0.2, 0) is 0 Å². The summed E-state index contributed by atoms with van der Waals surface area (Å²) in [7, 11) is 0. The zero-order chi connectivity index (χ0) is 39.3. The minimum Gasteiger partial charge on any atom is -0.135 e. The van der Waals surface area contributed by atoms with Crippen LogP contribution >= 0.6 is 22.7 Å². The lowest BCUT2D eigenvalue weighted by atomic mass is 9.85. The second-order valence-corrected chi connectivity index (χ2v) is 17.9. The summed E-state index contributed by atoms with van der Waals surface area (Å²) in [5, 5.41) is 15.5. The van der Waals surface area contributed by atoms with Crippen molar-refractivity contribution in [2.75, 3.05) is 0 Å². The normalized spacial score (nSPS) is 12.0. The molecule has 0 fully saturated rings. The maximum atomic E-state index is 2.47. The molecule has 278 valence electrons. The summed E-state index contributed by atoms with van der Waals surface area (Å²) < 4.78 is 5.31. The van der Waals surface area contributed by atoms with Crippen LogP contribution in [0.2, 0.25) is 0 Å². The van der Waals surface area contributed by atoms with E-state index in [9.17, 15) is 0 Å².